The Balaban J connectivity index is 1.71. The summed E-state index contributed by atoms with van der Waals surface area (Å²) in [5.41, 5.74) is 1.10. The zero-order chi connectivity index (χ0) is 16.7. The number of hydrogen-bond donors (Lipinski definition) is 2. The molecular weight excluding hydrogens is 294 g/mol. The summed E-state index contributed by atoms with van der Waals surface area (Å²) in [6, 6.07) is 7.82. The molecule has 0 bridgehead atoms. The molecule has 5 nitrogen and oxygen atoms in total. The lowest BCUT2D eigenvalue weighted by Gasteiger charge is -2.12. The van der Waals surface area contributed by atoms with Crippen LogP contribution in [0.25, 0.3) is 0 Å². The Hall–Kier alpha value is -2.04. The molecule has 1 aromatic carbocycles. The minimum absolute atomic E-state index is 0.00708. The number of carbonyl (C=O) groups excluding carboxylic acids is 1. The lowest BCUT2D eigenvalue weighted by Crippen LogP contribution is -2.33. The first-order valence-electron chi connectivity index (χ1n) is 8.32. The maximum atomic E-state index is 12.0. The highest BCUT2D eigenvalue weighted by atomic mass is 16.5. The molecular formula is C18H25NO4. The standard InChI is InChI=1S/C18H25NO4/c1-2-11-23-16-8-3-13(4-9-16)5-10-17(20)19-15-7-6-14(12-15)18(21)22/h3-4,8-9,14-15H,2,5-7,10-12H2,1H3,(H,19,20)(H,21,22)/t14-,15+/m0/s1. The second kappa shape index (κ2) is 8.56. The van der Waals surface area contributed by atoms with Gasteiger partial charge in [0.05, 0.1) is 12.5 Å². The molecule has 1 saturated carbocycles. The fraction of sp³-hybridized carbons (Fsp3) is 0.556. The molecule has 1 aliphatic carbocycles. The molecule has 23 heavy (non-hydrogen) atoms. The lowest BCUT2D eigenvalue weighted by atomic mass is 10.1. The van der Waals surface area contributed by atoms with E-state index in [1.807, 2.05) is 24.3 Å². The van der Waals surface area contributed by atoms with Crippen molar-refractivity contribution in [2.45, 2.75) is 51.5 Å². The minimum atomic E-state index is -0.757. The highest BCUT2D eigenvalue weighted by molar-refractivity contribution is 5.77. The Morgan fingerprint density at radius 2 is 2.00 bits per heavy atom. The molecule has 126 valence electrons. The molecule has 0 radical (unpaired) electrons. The van der Waals surface area contributed by atoms with Crippen molar-refractivity contribution in [3.63, 3.8) is 0 Å². The number of ether oxygens (including phenoxy) is 1. The summed E-state index contributed by atoms with van der Waals surface area (Å²) in [6.07, 6.45) is 4.03. The number of rotatable bonds is 8. The Kier molecular flexibility index (Phi) is 6.44. The van der Waals surface area contributed by atoms with Gasteiger partial charge >= 0.3 is 5.97 Å². The third-order valence-electron chi connectivity index (χ3n) is 4.18. The van der Waals surface area contributed by atoms with Crippen LogP contribution in [-0.2, 0) is 16.0 Å². The Morgan fingerprint density at radius 1 is 1.26 bits per heavy atom. The lowest BCUT2D eigenvalue weighted by molar-refractivity contribution is -0.141. The van der Waals surface area contributed by atoms with E-state index in [0.717, 1.165) is 24.2 Å². The molecule has 0 heterocycles. The first-order valence-corrected chi connectivity index (χ1v) is 8.32. The number of hydrogen-bond acceptors (Lipinski definition) is 3. The van der Waals surface area contributed by atoms with Crippen molar-refractivity contribution in [1.29, 1.82) is 0 Å². The van der Waals surface area contributed by atoms with Crippen molar-refractivity contribution in [3.05, 3.63) is 29.8 Å². The molecule has 0 saturated heterocycles. The molecule has 5 heteroatoms. The third kappa shape index (κ3) is 5.58. The normalized spacial score (nSPS) is 20.2. The van der Waals surface area contributed by atoms with Crippen LogP contribution < -0.4 is 10.1 Å². The van der Waals surface area contributed by atoms with Crippen LogP contribution in [0.15, 0.2) is 24.3 Å². The molecule has 2 rings (SSSR count). The molecule has 1 amide bonds. The molecule has 0 spiro atoms. The van der Waals surface area contributed by atoms with Crippen LogP contribution >= 0.6 is 0 Å². The number of carbonyl (C=O) groups is 2. The van der Waals surface area contributed by atoms with Crippen LogP contribution in [-0.4, -0.2) is 29.6 Å². The maximum Gasteiger partial charge on any atom is 0.306 e. The summed E-state index contributed by atoms with van der Waals surface area (Å²) in [7, 11) is 0. The molecule has 2 N–H and O–H groups in total. The van der Waals surface area contributed by atoms with Gasteiger partial charge in [0.15, 0.2) is 0 Å². The van der Waals surface area contributed by atoms with Crippen molar-refractivity contribution >= 4 is 11.9 Å². The predicted octanol–water partition coefficient (Wildman–Crippen LogP) is 2.78. The smallest absolute Gasteiger partial charge is 0.306 e. The SMILES string of the molecule is CCCOc1ccc(CCC(=O)N[C@@H]2CC[C@H](C(=O)O)C2)cc1. The zero-order valence-electron chi connectivity index (χ0n) is 13.6. The Morgan fingerprint density at radius 3 is 2.61 bits per heavy atom. The van der Waals surface area contributed by atoms with E-state index in [4.69, 9.17) is 9.84 Å². The summed E-state index contributed by atoms with van der Waals surface area (Å²) in [4.78, 5) is 22.9. The van der Waals surface area contributed by atoms with E-state index in [1.54, 1.807) is 0 Å². The van der Waals surface area contributed by atoms with Gasteiger partial charge in [-0.15, -0.1) is 0 Å². The maximum absolute atomic E-state index is 12.0. The van der Waals surface area contributed by atoms with Crippen molar-refractivity contribution in [1.82, 2.24) is 5.32 Å². The zero-order valence-corrected chi connectivity index (χ0v) is 13.6. The van der Waals surface area contributed by atoms with E-state index in [-0.39, 0.29) is 17.9 Å². The molecule has 2 atom stereocenters. The number of amides is 1. The largest absolute Gasteiger partial charge is 0.494 e. The van der Waals surface area contributed by atoms with Gasteiger partial charge in [0.25, 0.3) is 0 Å². The van der Waals surface area contributed by atoms with Crippen LogP contribution in [0.5, 0.6) is 5.75 Å². The average Bonchev–Trinajstić information content (AvgIpc) is 3.00. The second-order valence-corrected chi connectivity index (χ2v) is 6.11. The Bertz CT molecular complexity index is 526. The van der Waals surface area contributed by atoms with E-state index in [9.17, 15) is 9.59 Å². The number of aliphatic carboxylic acids is 1. The monoisotopic (exact) mass is 319 g/mol. The molecule has 0 unspecified atom stereocenters. The van der Waals surface area contributed by atoms with E-state index >= 15 is 0 Å². The fourth-order valence-corrected chi connectivity index (χ4v) is 2.87. The average molecular weight is 319 g/mol. The molecule has 1 aromatic rings. The topological polar surface area (TPSA) is 75.6 Å². The summed E-state index contributed by atoms with van der Waals surface area (Å²) in [5, 5.41) is 11.9. The summed E-state index contributed by atoms with van der Waals surface area (Å²) in [5.74, 6) is -0.221. The van der Waals surface area contributed by atoms with Crippen LogP contribution in [0, 0.1) is 5.92 Å². The second-order valence-electron chi connectivity index (χ2n) is 6.11. The van der Waals surface area contributed by atoms with Gasteiger partial charge in [-0.2, -0.15) is 0 Å². The number of benzene rings is 1. The van der Waals surface area contributed by atoms with Gasteiger partial charge < -0.3 is 15.2 Å². The third-order valence-corrected chi connectivity index (χ3v) is 4.18. The number of carboxylic acids is 1. The van der Waals surface area contributed by atoms with Gasteiger partial charge in [0.2, 0.25) is 5.91 Å². The van der Waals surface area contributed by atoms with Crippen LogP contribution in [0.1, 0.15) is 44.6 Å². The van der Waals surface area contributed by atoms with Crippen molar-refractivity contribution in [2.24, 2.45) is 5.92 Å². The highest BCUT2D eigenvalue weighted by Crippen LogP contribution is 2.25. The first kappa shape index (κ1) is 17.3. The van der Waals surface area contributed by atoms with Crippen LogP contribution in [0.3, 0.4) is 0 Å². The molecule has 0 aromatic heterocycles. The predicted molar refractivity (Wildman–Crippen MR) is 87.5 cm³/mol. The van der Waals surface area contributed by atoms with Crippen molar-refractivity contribution in [3.8, 4) is 5.75 Å². The summed E-state index contributed by atoms with van der Waals surface area (Å²) >= 11 is 0. The van der Waals surface area contributed by atoms with Crippen LogP contribution in [0.2, 0.25) is 0 Å². The van der Waals surface area contributed by atoms with Gasteiger partial charge in [-0.1, -0.05) is 19.1 Å². The van der Waals surface area contributed by atoms with Gasteiger partial charge in [-0.25, -0.2) is 0 Å². The Labute approximate surface area is 137 Å². The number of carboxylic acid groups (broad SMARTS) is 1. The van der Waals surface area contributed by atoms with E-state index in [1.165, 1.54) is 0 Å². The van der Waals surface area contributed by atoms with Gasteiger partial charge in [0.1, 0.15) is 5.75 Å². The van der Waals surface area contributed by atoms with E-state index in [0.29, 0.717) is 32.3 Å². The molecule has 1 aliphatic rings. The van der Waals surface area contributed by atoms with Gasteiger partial charge in [-0.3, -0.25) is 9.59 Å². The van der Waals surface area contributed by atoms with E-state index in [2.05, 4.69) is 12.2 Å². The van der Waals surface area contributed by atoms with Gasteiger partial charge in [-0.05, 0) is 49.8 Å². The van der Waals surface area contributed by atoms with E-state index < -0.39 is 5.97 Å². The highest BCUT2D eigenvalue weighted by Gasteiger charge is 2.30. The number of aryl methyl sites for hydroxylation is 1. The first-order chi connectivity index (χ1) is 11.1. The van der Waals surface area contributed by atoms with Crippen molar-refractivity contribution in [2.75, 3.05) is 6.61 Å². The number of nitrogens with one attached hydrogen (secondary N) is 1. The fourth-order valence-electron chi connectivity index (χ4n) is 2.87. The molecule has 1 fully saturated rings. The van der Waals surface area contributed by atoms with Crippen LogP contribution in [0.4, 0.5) is 0 Å². The van der Waals surface area contributed by atoms with Gasteiger partial charge in [0, 0.05) is 12.5 Å². The quantitative estimate of drug-likeness (QED) is 0.772. The minimum Gasteiger partial charge on any atom is -0.494 e. The summed E-state index contributed by atoms with van der Waals surface area (Å²) in [6.45, 7) is 2.77. The summed E-state index contributed by atoms with van der Waals surface area (Å²) < 4.78 is 5.53. The molecule has 0 aliphatic heterocycles. The van der Waals surface area contributed by atoms with Crippen molar-refractivity contribution < 1.29 is 19.4 Å².